The molecule has 1 nitrogen and oxygen atoms in total. The van der Waals surface area contributed by atoms with Crippen LogP contribution in [0, 0.1) is 0 Å². The van der Waals surface area contributed by atoms with Crippen molar-refractivity contribution in [1.82, 2.24) is 0 Å². The minimum atomic E-state index is 0.845. The van der Waals surface area contributed by atoms with Crippen LogP contribution in [0.5, 0.6) is 0 Å². The second-order valence-corrected chi connectivity index (χ2v) is 2.44. The highest BCUT2D eigenvalue weighted by Gasteiger charge is 1.89. The third-order valence-corrected chi connectivity index (χ3v) is 1.53. The van der Waals surface area contributed by atoms with Gasteiger partial charge in [0.1, 0.15) is 0 Å². The van der Waals surface area contributed by atoms with Gasteiger partial charge in [-0.3, -0.25) is 0 Å². The van der Waals surface area contributed by atoms with Crippen LogP contribution >= 0.6 is 0 Å². The first kappa shape index (κ1) is 7.86. The van der Waals surface area contributed by atoms with Crippen LogP contribution in [-0.2, 0) is 0 Å². The van der Waals surface area contributed by atoms with Crippen LogP contribution in [0.3, 0.4) is 0 Å². The van der Waals surface area contributed by atoms with Crippen molar-refractivity contribution in [3.05, 3.63) is 35.9 Å². The fourth-order valence-corrected chi connectivity index (χ4v) is 0.907. The Labute approximate surface area is 67.5 Å². The van der Waals surface area contributed by atoms with Crippen LogP contribution in [-0.4, -0.2) is 0 Å². The standard InChI is InChI=1S/C10H13N/c1-2-3-6-9-7-4-5-8-10(9)11/h3-8H,2,11H2,1H3/b6-3-. The fraction of sp³-hybridized carbons (Fsp3) is 0.200. The SMILES string of the molecule is CC/C=C\c1ccccc1N. The summed E-state index contributed by atoms with van der Waals surface area (Å²) in [6, 6.07) is 7.86. The van der Waals surface area contributed by atoms with Crippen molar-refractivity contribution in [3.63, 3.8) is 0 Å². The second-order valence-electron chi connectivity index (χ2n) is 2.44. The first-order valence-corrected chi connectivity index (χ1v) is 3.85. The molecule has 0 unspecified atom stereocenters. The summed E-state index contributed by atoms with van der Waals surface area (Å²) in [5.41, 5.74) is 7.66. The molecule has 0 aliphatic carbocycles. The quantitative estimate of drug-likeness (QED) is 0.639. The van der Waals surface area contributed by atoms with Gasteiger partial charge in [0.2, 0.25) is 0 Å². The Morgan fingerprint density at radius 2 is 2.09 bits per heavy atom. The summed E-state index contributed by atoms with van der Waals surface area (Å²) in [5, 5.41) is 0. The predicted octanol–water partition coefficient (Wildman–Crippen LogP) is 2.69. The first-order valence-electron chi connectivity index (χ1n) is 3.85. The van der Waals surface area contributed by atoms with Crippen molar-refractivity contribution < 1.29 is 0 Å². The topological polar surface area (TPSA) is 26.0 Å². The van der Waals surface area contributed by atoms with Gasteiger partial charge in [-0.1, -0.05) is 37.3 Å². The number of rotatable bonds is 2. The smallest absolute Gasteiger partial charge is 0.0387 e. The van der Waals surface area contributed by atoms with Crippen molar-refractivity contribution in [2.75, 3.05) is 5.73 Å². The number of allylic oxidation sites excluding steroid dienone is 1. The lowest BCUT2D eigenvalue weighted by atomic mass is 10.1. The number of para-hydroxylation sites is 1. The number of hydrogen-bond acceptors (Lipinski definition) is 1. The van der Waals surface area contributed by atoms with Crippen molar-refractivity contribution in [1.29, 1.82) is 0 Å². The predicted molar refractivity (Wildman–Crippen MR) is 50.2 cm³/mol. The van der Waals surface area contributed by atoms with Gasteiger partial charge in [0.15, 0.2) is 0 Å². The molecule has 0 amide bonds. The summed E-state index contributed by atoms with van der Waals surface area (Å²) in [4.78, 5) is 0. The van der Waals surface area contributed by atoms with Crippen LogP contribution < -0.4 is 5.73 Å². The normalized spacial score (nSPS) is 10.6. The fourth-order valence-electron chi connectivity index (χ4n) is 0.907. The van der Waals surface area contributed by atoms with Gasteiger partial charge in [-0.2, -0.15) is 0 Å². The van der Waals surface area contributed by atoms with Crippen molar-refractivity contribution in [3.8, 4) is 0 Å². The maximum atomic E-state index is 5.71. The number of benzene rings is 1. The molecule has 1 heteroatoms. The lowest BCUT2D eigenvalue weighted by Crippen LogP contribution is -1.86. The average molecular weight is 147 g/mol. The van der Waals surface area contributed by atoms with Crippen LogP contribution in [0.25, 0.3) is 6.08 Å². The Kier molecular flexibility index (Phi) is 2.73. The van der Waals surface area contributed by atoms with Crippen LogP contribution in [0.4, 0.5) is 5.69 Å². The summed E-state index contributed by atoms with van der Waals surface area (Å²) in [5.74, 6) is 0. The van der Waals surface area contributed by atoms with Gasteiger partial charge >= 0.3 is 0 Å². The minimum Gasteiger partial charge on any atom is -0.398 e. The minimum absolute atomic E-state index is 0.845. The van der Waals surface area contributed by atoms with Crippen LogP contribution in [0.1, 0.15) is 18.9 Å². The monoisotopic (exact) mass is 147 g/mol. The lowest BCUT2D eigenvalue weighted by Gasteiger charge is -1.96. The molecule has 11 heavy (non-hydrogen) atoms. The van der Waals surface area contributed by atoms with E-state index in [-0.39, 0.29) is 0 Å². The molecule has 58 valence electrons. The summed E-state index contributed by atoms with van der Waals surface area (Å²) < 4.78 is 0. The van der Waals surface area contributed by atoms with Crippen LogP contribution in [0.2, 0.25) is 0 Å². The molecule has 1 aromatic carbocycles. The highest BCUT2D eigenvalue weighted by molar-refractivity contribution is 5.63. The molecule has 0 heterocycles. The molecular weight excluding hydrogens is 134 g/mol. The van der Waals surface area contributed by atoms with E-state index in [1.54, 1.807) is 0 Å². The highest BCUT2D eigenvalue weighted by Crippen LogP contribution is 2.11. The molecule has 0 saturated heterocycles. The summed E-state index contributed by atoms with van der Waals surface area (Å²) in [6.07, 6.45) is 5.20. The maximum absolute atomic E-state index is 5.71. The van der Waals surface area contributed by atoms with Crippen LogP contribution in [0.15, 0.2) is 30.3 Å². The molecule has 0 spiro atoms. The van der Waals surface area contributed by atoms with Crippen molar-refractivity contribution in [2.24, 2.45) is 0 Å². The number of nitrogen functional groups attached to an aromatic ring is 1. The average Bonchev–Trinajstić information content (AvgIpc) is 2.03. The van der Waals surface area contributed by atoms with E-state index in [1.807, 2.05) is 24.3 Å². The Hall–Kier alpha value is -1.24. The lowest BCUT2D eigenvalue weighted by molar-refractivity contribution is 1.23. The van der Waals surface area contributed by atoms with E-state index in [0.717, 1.165) is 17.7 Å². The molecule has 0 aliphatic heterocycles. The summed E-state index contributed by atoms with van der Waals surface area (Å²) in [7, 11) is 0. The molecule has 0 aromatic heterocycles. The Morgan fingerprint density at radius 1 is 1.36 bits per heavy atom. The number of hydrogen-bond donors (Lipinski definition) is 1. The molecule has 0 bridgehead atoms. The molecule has 0 saturated carbocycles. The summed E-state index contributed by atoms with van der Waals surface area (Å²) >= 11 is 0. The van der Waals surface area contributed by atoms with E-state index >= 15 is 0 Å². The van der Waals surface area contributed by atoms with E-state index < -0.39 is 0 Å². The van der Waals surface area contributed by atoms with Gasteiger partial charge in [0, 0.05) is 5.69 Å². The third kappa shape index (κ3) is 2.11. The van der Waals surface area contributed by atoms with Gasteiger partial charge in [-0.25, -0.2) is 0 Å². The molecule has 1 aromatic rings. The molecule has 2 N–H and O–H groups in total. The van der Waals surface area contributed by atoms with Gasteiger partial charge in [-0.05, 0) is 18.1 Å². The number of nitrogens with two attached hydrogens (primary N) is 1. The largest absolute Gasteiger partial charge is 0.398 e. The van der Waals surface area contributed by atoms with E-state index in [9.17, 15) is 0 Å². The molecule has 0 atom stereocenters. The zero-order valence-electron chi connectivity index (χ0n) is 6.75. The van der Waals surface area contributed by atoms with Gasteiger partial charge in [-0.15, -0.1) is 0 Å². The molecule has 0 aliphatic rings. The molecule has 0 fully saturated rings. The van der Waals surface area contributed by atoms with E-state index in [0.29, 0.717) is 0 Å². The zero-order chi connectivity index (χ0) is 8.10. The Morgan fingerprint density at radius 3 is 2.73 bits per heavy atom. The summed E-state index contributed by atoms with van der Waals surface area (Å²) in [6.45, 7) is 2.11. The molecule has 0 radical (unpaired) electrons. The van der Waals surface area contributed by atoms with Gasteiger partial charge < -0.3 is 5.73 Å². The van der Waals surface area contributed by atoms with Crippen molar-refractivity contribution in [2.45, 2.75) is 13.3 Å². The number of anilines is 1. The van der Waals surface area contributed by atoms with E-state index in [4.69, 9.17) is 5.73 Å². The Bertz CT molecular complexity index is 251. The van der Waals surface area contributed by atoms with Gasteiger partial charge in [0.25, 0.3) is 0 Å². The Balaban J connectivity index is 2.86. The van der Waals surface area contributed by atoms with Gasteiger partial charge in [0.05, 0.1) is 0 Å². The first-order chi connectivity index (χ1) is 5.34. The van der Waals surface area contributed by atoms with E-state index in [1.165, 1.54) is 0 Å². The molecular formula is C10H13N. The van der Waals surface area contributed by atoms with Crippen molar-refractivity contribution >= 4 is 11.8 Å². The molecule has 1 rings (SSSR count). The maximum Gasteiger partial charge on any atom is 0.0387 e. The zero-order valence-corrected chi connectivity index (χ0v) is 6.75. The third-order valence-electron chi connectivity index (χ3n) is 1.53. The van der Waals surface area contributed by atoms with E-state index in [2.05, 4.69) is 19.1 Å². The highest BCUT2D eigenvalue weighted by atomic mass is 14.5. The second kappa shape index (κ2) is 3.81.